The predicted octanol–water partition coefficient (Wildman–Crippen LogP) is 5.20. The lowest BCUT2D eigenvalue weighted by molar-refractivity contribution is -0.129. The lowest BCUT2D eigenvalue weighted by Crippen LogP contribution is -2.44. The Morgan fingerprint density at radius 3 is 2.35 bits per heavy atom. The molecule has 0 spiro atoms. The number of thioether (sulfide) groups is 1. The Balaban J connectivity index is 1.56. The molecule has 9 heteroatoms. The number of anilines is 1. The lowest BCUT2D eigenvalue weighted by Gasteiger charge is -2.32. The van der Waals surface area contributed by atoms with Crippen LogP contribution in [0, 0.1) is 0 Å². The van der Waals surface area contributed by atoms with Crippen molar-refractivity contribution >= 4 is 57.7 Å². The van der Waals surface area contributed by atoms with Gasteiger partial charge in [-0.25, -0.2) is 9.79 Å². The molecule has 34 heavy (non-hydrogen) atoms. The number of benzene rings is 3. The van der Waals surface area contributed by atoms with Crippen LogP contribution in [-0.2, 0) is 16.1 Å². The molecule has 172 valence electrons. The SMILES string of the molecule is O=C(O)c1ccc(NC(=O)[C@@H]2CC(=O)N(Cc3ccccc3)C(=Nc3ccc(Cl)cc3)S2)cc1. The van der Waals surface area contributed by atoms with Gasteiger partial charge in [0.1, 0.15) is 5.25 Å². The Bertz CT molecular complexity index is 1230. The fourth-order valence-corrected chi connectivity index (χ4v) is 4.53. The van der Waals surface area contributed by atoms with Crippen molar-refractivity contribution in [3.8, 4) is 0 Å². The van der Waals surface area contributed by atoms with Crippen LogP contribution in [0.25, 0.3) is 0 Å². The van der Waals surface area contributed by atoms with Gasteiger partial charge in [-0.2, -0.15) is 0 Å². The van der Waals surface area contributed by atoms with Gasteiger partial charge >= 0.3 is 5.97 Å². The van der Waals surface area contributed by atoms with Crippen molar-refractivity contribution in [1.82, 2.24) is 4.90 Å². The average Bonchev–Trinajstić information content (AvgIpc) is 2.83. The first-order valence-electron chi connectivity index (χ1n) is 10.4. The third kappa shape index (κ3) is 5.84. The molecule has 2 amide bonds. The van der Waals surface area contributed by atoms with Crippen molar-refractivity contribution in [1.29, 1.82) is 0 Å². The number of carbonyl (C=O) groups is 3. The van der Waals surface area contributed by atoms with Gasteiger partial charge in [0, 0.05) is 17.1 Å². The fourth-order valence-electron chi connectivity index (χ4n) is 3.31. The second kappa shape index (κ2) is 10.5. The zero-order chi connectivity index (χ0) is 24.1. The quantitative estimate of drug-likeness (QED) is 0.491. The van der Waals surface area contributed by atoms with Gasteiger partial charge in [-0.3, -0.25) is 14.5 Å². The highest BCUT2D eigenvalue weighted by molar-refractivity contribution is 8.15. The molecule has 1 aliphatic rings. The molecule has 4 rings (SSSR count). The topological polar surface area (TPSA) is 99.1 Å². The maximum atomic E-state index is 13.1. The summed E-state index contributed by atoms with van der Waals surface area (Å²) in [5.41, 5.74) is 2.13. The minimum Gasteiger partial charge on any atom is -0.478 e. The normalized spacial score (nSPS) is 17.0. The molecule has 1 saturated heterocycles. The molecule has 3 aromatic rings. The van der Waals surface area contributed by atoms with Gasteiger partial charge in [-0.1, -0.05) is 53.7 Å². The second-order valence-electron chi connectivity index (χ2n) is 7.52. The van der Waals surface area contributed by atoms with E-state index in [1.165, 1.54) is 36.0 Å². The van der Waals surface area contributed by atoms with Gasteiger partial charge in [-0.05, 0) is 54.1 Å². The summed E-state index contributed by atoms with van der Waals surface area (Å²) in [4.78, 5) is 43.3. The Morgan fingerprint density at radius 1 is 1.03 bits per heavy atom. The van der Waals surface area contributed by atoms with Crippen LogP contribution in [0.3, 0.4) is 0 Å². The number of hydrogen-bond donors (Lipinski definition) is 2. The van der Waals surface area contributed by atoms with Crippen LogP contribution in [0.1, 0.15) is 22.3 Å². The number of nitrogens with zero attached hydrogens (tertiary/aromatic N) is 2. The van der Waals surface area contributed by atoms with Crippen LogP contribution in [-0.4, -0.2) is 38.2 Å². The number of amidine groups is 1. The zero-order valence-electron chi connectivity index (χ0n) is 17.8. The van der Waals surface area contributed by atoms with Crippen LogP contribution in [0.2, 0.25) is 5.02 Å². The molecular formula is C25H20ClN3O4S. The molecule has 1 atom stereocenters. The summed E-state index contributed by atoms with van der Waals surface area (Å²) in [5.74, 6) is -1.62. The van der Waals surface area contributed by atoms with Crippen LogP contribution in [0.15, 0.2) is 83.9 Å². The van der Waals surface area contributed by atoms with Crippen molar-refractivity contribution in [2.45, 2.75) is 18.2 Å². The van der Waals surface area contributed by atoms with Gasteiger partial charge in [0.25, 0.3) is 0 Å². The van der Waals surface area contributed by atoms with E-state index >= 15 is 0 Å². The van der Waals surface area contributed by atoms with Crippen LogP contribution >= 0.6 is 23.4 Å². The molecule has 7 nitrogen and oxygen atoms in total. The number of aliphatic imine (C=N–C) groups is 1. The largest absolute Gasteiger partial charge is 0.478 e. The molecule has 0 aliphatic carbocycles. The number of carboxylic acids is 1. The molecule has 1 aliphatic heterocycles. The molecule has 0 radical (unpaired) electrons. The van der Waals surface area contributed by atoms with Crippen LogP contribution in [0.5, 0.6) is 0 Å². The van der Waals surface area contributed by atoms with Crippen molar-refractivity contribution < 1.29 is 19.5 Å². The molecular weight excluding hydrogens is 474 g/mol. The third-order valence-electron chi connectivity index (χ3n) is 5.07. The Hall–Kier alpha value is -3.62. The van der Waals surface area contributed by atoms with Crippen molar-refractivity contribution in [3.63, 3.8) is 0 Å². The maximum absolute atomic E-state index is 13.1. The maximum Gasteiger partial charge on any atom is 0.335 e. The number of rotatable bonds is 6. The van der Waals surface area contributed by atoms with E-state index in [0.29, 0.717) is 28.1 Å². The van der Waals surface area contributed by atoms with Crippen LogP contribution in [0.4, 0.5) is 11.4 Å². The number of hydrogen-bond acceptors (Lipinski definition) is 5. The Kier molecular flexibility index (Phi) is 7.30. The molecule has 0 saturated carbocycles. The highest BCUT2D eigenvalue weighted by Gasteiger charge is 2.36. The van der Waals surface area contributed by atoms with E-state index in [0.717, 1.165) is 5.56 Å². The van der Waals surface area contributed by atoms with Gasteiger partial charge in [-0.15, -0.1) is 0 Å². The lowest BCUT2D eigenvalue weighted by atomic mass is 10.2. The summed E-state index contributed by atoms with van der Waals surface area (Å²) < 4.78 is 0. The van der Waals surface area contributed by atoms with E-state index in [1.807, 2.05) is 30.3 Å². The van der Waals surface area contributed by atoms with Crippen molar-refractivity contribution in [2.24, 2.45) is 4.99 Å². The molecule has 1 fully saturated rings. The smallest absolute Gasteiger partial charge is 0.335 e. The minimum atomic E-state index is -1.05. The fraction of sp³-hybridized carbons (Fsp3) is 0.120. The highest BCUT2D eigenvalue weighted by atomic mass is 35.5. The van der Waals surface area contributed by atoms with E-state index in [4.69, 9.17) is 16.7 Å². The molecule has 0 aromatic heterocycles. The average molecular weight is 494 g/mol. The van der Waals surface area contributed by atoms with E-state index in [2.05, 4.69) is 10.3 Å². The van der Waals surface area contributed by atoms with Gasteiger partial charge in [0.15, 0.2) is 5.17 Å². The first kappa shape index (κ1) is 23.5. The monoisotopic (exact) mass is 493 g/mol. The number of amides is 2. The molecule has 1 heterocycles. The minimum absolute atomic E-state index is 0.0101. The van der Waals surface area contributed by atoms with Crippen LogP contribution < -0.4 is 5.32 Å². The Labute approximate surface area is 205 Å². The van der Waals surface area contributed by atoms with Gasteiger partial charge in [0.2, 0.25) is 11.8 Å². The summed E-state index contributed by atoms with van der Waals surface area (Å²) in [5, 5.41) is 12.1. The number of halogens is 1. The first-order chi connectivity index (χ1) is 16.4. The second-order valence-corrected chi connectivity index (χ2v) is 9.12. The van der Waals surface area contributed by atoms with Gasteiger partial charge < -0.3 is 10.4 Å². The Morgan fingerprint density at radius 2 is 1.71 bits per heavy atom. The van der Waals surface area contributed by atoms with E-state index in [-0.39, 0.29) is 23.8 Å². The summed E-state index contributed by atoms with van der Waals surface area (Å²) in [6.45, 7) is 0.337. The van der Waals surface area contributed by atoms with E-state index in [9.17, 15) is 14.4 Å². The summed E-state index contributed by atoms with van der Waals surface area (Å²) in [7, 11) is 0. The summed E-state index contributed by atoms with van der Waals surface area (Å²) in [6.07, 6.45) is 0.0101. The number of aromatic carboxylic acids is 1. The van der Waals surface area contributed by atoms with E-state index in [1.54, 1.807) is 29.2 Å². The summed E-state index contributed by atoms with van der Waals surface area (Å²) in [6, 6.07) is 22.3. The zero-order valence-corrected chi connectivity index (χ0v) is 19.4. The molecule has 0 bridgehead atoms. The predicted molar refractivity (Wildman–Crippen MR) is 134 cm³/mol. The number of carboxylic acid groups (broad SMARTS) is 1. The number of nitrogens with one attached hydrogen (secondary N) is 1. The molecule has 2 N–H and O–H groups in total. The summed E-state index contributed by atoms with van der Waals surface area (Å²) >= 11 is 7.19. The molecule has 0 unspecified atom stereocenters. The van der Waals surface area contributed by atoms with Crippen molar-refractivity contribution in [3.05, 3.63) is 95.0 Å². The highest BCUT2D eigenvalue weighted by Crippen LogP contribution is 2.31. The van der Waals surface area contributed by atoms with Crippen molar-refractivity contribution in [2.75, 3.05) is 5.32 Å². The number of carbonyl (C=O) groups excluding carboxylic acids is 2. The molecule has 3 aromatic carbocycles. The van der Waals surface area contributed by atoms with Gasteiger partial charge in [0.05, 0.1) is 17.8 Å². The first-order valence-corrected chi connectivity index (χ1v) is 11.6. The standard InChI is InChI=1S/C25H20ClN3O4S/c26-18-8-12-20(13-9-18)28-25-29(15-16-4-2-1-3-5-16)22(30)14-21(34-25)23(31)27-19-10-6-17(7-11-19)24(32)33/h1-13,21H,14-15H2,(H,27,31)(H,32,33)/t21-/m0/s1. The van der Waals surface area contributed by atoms with E-state index < -0.39 is 11.2 Å². The third-order valence-corrected chi connectivity index (χ3v) is 6.51.